The van der Waals surface area contributed by atoms with E-state index < -0.39 is 0 Å². The predicted octanol–water partition coefficient (Wildman–Crippen LogP) is 3.76. The number of aromatic nitrogens is 2. The number of benzene rings is 2. The molecule has 27 heavy (non-hydrogen) atoms. The van der Waals surface area contributed by atoms with Crippen LogP contribution >= 0.6 is 23.1 Å². The molecule has 2 amide bonds. The lowest BCUT2D eigenvalue weighted by molar-refractivity contribution is -0.119. The zero-order valence-electron chi connectivity index (χ0n) is 14.6. The molecule has 138 valence electrons. The highest BCUT2D eigenvalue weighted by molar-refractivity contribution is 8.01. The molecule has 0 saturated carbocycles. The Morgan fingerprint density at radius 1 is 1.04 bits per heavy atom. The molecule has 0 spiro atoms. The fourth-order valence-electron chi connectivity index (χ4n) is 2.30. The fourth-order valence-corrected chi connectivity index (χ4v) is 3.86. The van der Waals surface area contributed by atoms with Crippen molar-refractivity contribution in [3.8, 4) is 0 Å². The van der Waals surface area contributed by atoms with Gasteiger partial charge in [0.2, 0.25) is 10.9 Å². The van der Waals surface area contributed by atoms with Crippen molar-refractivity contribution in [2.24, 2.45) is 0 Å². The number of thioether (sulfide) groups is 1. The number of rotatable bonds is 7. The molecule has 0 aliphatic rings. The van der Waals surface area contributed by atoms with Crippen LogP contribution in [0.1, 0.15) is 28.3 Å². The van der Waals surface area contributed by atoms with E-state index in [-0.39, 0.29) is 28.6 Å². The van der Waals surface area contributed by atoms with Gasteiger partial charge in [-0.3, -0.25) is 9.59 Å². The smallest absolute Gasteiger partial charge is 0.286 e. The third-order valence-corrected chi connectivity index (χ3v) is 5.69. The average molecular weight is 399 g/mol. The second kappa shape index (κ2) is 9.29. The van der Waals surface area contributed by atoms with Crippen LogP contribution in [0, 0.1) is 0 Å². The summed E-state index contributed by atoms with van der Waals surface area (Å²) in [5.41, 5.74) is 1.74. The molecule has 3 rings (SSSR count). The predicted molar refractivity (Wildman–Crippen MR) is 108 cm³/mol. The minimum absolute atomic E-state index is 0.0686. The molecular formula is C19H18N4O2S2. The van der Waals surface area contributed by atoms with Crippen molar-refractivity contribution < 1.29 is 9.59 Å². The van der Waals surface area contributed by atoms with E-state index in [4.69, 9.17) is 0 Å². The molecule has 6 nitrogen and oxygen atoms in total. The Bertz CT molecular complexity index is 900. The lowest BCUT2D eigenvalue weighted by Gasteiger charge is -2.13. The molecule has 0 saturated heterocycles. The van der Waals surface area contributed by atoms with Crippen molar-refractivity contribution in [1.29, 1.82) is 0 Å². The van der Waals surface area contributed by atoms with Crippen LogP contribution in [0.5, 0.6) is 0 Å². The molecule has 3 aromatic rings. The Hall–Kier alpha value is -2.71. The summed E-state index contributed by atoms with van der Waals surface area (Å²) in [6, 6.07) is 18.8. The Balaban J connectivity index is 1.49. The standard InChI is InChI=1S/C19H18N4O2S2/c1-13(14-8-4-2-5-9-14)20-16(24)12-26-19-23-22-18(27-19)17(25)21-15-10-6-3-7-11-15/h2-11,13H,12H2,1H3,(H,20,24)(H,21,25)/t13-/m1/s1. The zero-order chi connectivity index (χ0) is 19.1. The Labute approximate surface area is 165 Å². The molecule has 0 aliphatic carbocycles. The van der Waals surface area contributed by atoms with Crippen LogP contribution in [0.3, 0.4) is 0 Å². The van der Waals surface area contributed by atoms with Gasteiger partial charge in [0.25, 0.3) is 5.91 Å². The highest BCUT2D eigenvalue weighted by Crippen LogP contribution is 2.23. The molecule has 8 heteroatoms. The summed E-state index contributed by atoms with van der Waals surface area (Å²) in [4.78, 5) is 24.3. The Kier molecular flexibility index (Phi) is 6.56. The van der Waals surface area contributed by atoms with Crippen molar-refractivity contribution in [1.82, 2.24) is 15.5 Å². The first-order valence-electron chi connectivity index (χ1n) is 8.29. The van der Waals surface area contributed by atoms with E-state index in [2.05, 4.69) is 20.8 Å². The first-order valence-corrected chi connectivity index (χ1v) is 10.1. The minimum atomic E-state index is -0.312. The molecule has 2 N–H and O–H groups in total. The van der Waals surface area contributed by atoms with Crippen molar-refractivity contribution in [2.45, 2.75) is 17.3 Å². The Morgan fingerprint density at radius 3 is 2.41 bits per heavy atom. The molecule has 1 aromatic heterocycles. The van der Waals surface area contributed by atoms with Gasteiger partial charge in [-0.2, -0.15) is 0 Å². The Morgan fingerprint density at radius 2 is 1.70 bits per heavy atom. The molecule has 1 heterocycles. The second-order valence-corrected chi connectivity index (χ2v) is 7.88. The minimum Gasteiger partial charge on any atom is -0.349 e. The summed E-state index contributed by atoms with van der Waals surface area (Å²) in [5, 5.41) is 13.9. The first kappa shape index (κ1) is 19.1. The average Bonchev–Trinajstić information content (AvgIpc) is 3.17. The lowest BCUT2D eigenvalue weighted by atomic mass is 10.1. The summed E-state index contributed by atoms with van der Waals surface area (Å²) >= 11 is 2.43. The van der Waals surface area contributed by atoms with E-state index >= 15 is 0 Å². The molecular weight excluding hydrogens is 380 g/mol. The number of amides is 2. The van der Waals surface area contributed by atoms with Crippen LogP contribution in [0.4, 0.5) is 5.69 Å². The molecule has 0 bridgehead atoms. The van der Waals surface area contributed by atoms with Crippen LogP contribution in [-0.4, -0.2) is 27.8 Å². The van der Waals surface area contributed by atoms with Crippen LogP contribution < -0.4 is 10.6 Å². The lowest BCUT2D eigenvalue weighted by Crippen LogP contribution is -2.28. The van der Waals surface area contributed by atoms with Crippen LogP contribution in [0.25, 0.3) is 0 Å². The van der Waals surface area contributed by atoms with Crippen molar-refractivity contribution in [3.05, 3.63) is 71.2 Å². The van der Waals surface area contributed by atoms with E-state index in [9.17, 15) is 9.59 Å². The van der Waals surface area contributed by atoms with Gasteiger partial charge in [0, 0.05) is 5.69 Å². The van der Waals surface area contributed by atoms with Crippen LogP contribution in [0.2, 0.25) is 0 Å². The number of carbonyl (C=O) groups excluding carboxylic acids is 2. The number of nitrogens with one attached hydrogen (secondary N) is 2. The normalized spacial score (nSPS) is 11.6. The molecule has 0 unspecified atom stereocenters. The molecule has 1 atom stereocenters. The van der Waals surface area contributed by atoms with E-state index in [0.29, 0.717) is 10.0 Å². The maximum Gasteiger partial charge on any atom is 0.286 e. The topological polar surface area (TPSA) is 84.0 Å². The maximum absolute atomic E-state index is 12.2. The monoisotopic (exact) mass is 398 g/mol. The quantitative estimate of drug-likeness (QED) is 0.592. The van der Waals surface area contributed by atoms with Gasteiger partial charge >= 0.3 is 0 Å². The largest absolute Gasteiger partial charge is 0.349 e. The molecule has 2 aromatic carbocycles. The van der Waals surface area contributed by atoms with Gasteiger partial charge in [-0.15, -0.1) is 10.2 Å². The SMILES string of the molecule is C[C@@H](NC(=O)CSc1nnc(C(=O)Nc2ccccc2)s1)c1ccccc1. The molecule has 0 aliphatic heterocycles. The summed E-state index contributed by atoms with van der Waals surface area (Å²) in [6.07, 6.45) is 0. The zero-order valence-corrected chi connectivity index (χ0v) is 16.2. The highest BCUT2D eigenvalue weighted by atomic mass is 32.2. The summed E-state index contributed by atoms with van der Waals surface area (Å²) < 4.78 is 0.579. The second-order valence-electron chi connectivity index (χ2n) is 5.68. The van der Waals surface area contributed by atoms with Crippen LogP contribution in [0.15, 0.2) is 65.0 Å². The third-order valence-electron chi connectivity index (χ3n) is 3.64. The van der Waals surface area contributed by atoms with Crippen LogP contribution in [-0.2, 0) is 4.79 Å². The van der Waals surface area contributed by atoms with E-state index in [0.717, 1.165) is 5.56 Å². The van der Waals surface area contributed by atoms with E-state index in [1.165, 1.54) is 23.1 Å². The summed E-state index contributed by atoms with van der Waals surface area (Å²) in [5.74, 6) is -0.193. The number of anilines is 1. The van der Waals surface area contributed by atoms with Gasteiger partial charge in [-0.25, -0.2) is 0 Å². The van der Waals surface area contributed by atoms with Gasteiger partial charge in [0.05, 0.1) is 11.8 Å². The number of carbonyl (C=O) groups is 2. The maximum atomic E-state index is 12.2. The van der Waals surface area contributed by atoms with Gasteiger partial charge in [-0.05, 0) is 24.6 Å². The first-order chi connectivity index (χ1) is 13.1. The number of hydrogen-bond acceptors (Lipinski definition) is 6. The number of hydrogen-bond donors (Lipinski definition) is 2. The summed E-state index contributed by atoms with van der Waals surface area (Å²) in [7, 11) is 0. The van der Waals surface area contributed by atoms with Gasteiger partial charge in [0.1, 0.15) is 0 Å². The van der Waals surface area contributed by atoms with Gasteiger partial charge in [-0.1, -0.05) is 71.6 Å². The fraction of sp³-hybridized carbons (Fsp3) is 0.158. The van der Waals surface area contributed by atoms with Gasteiger partial charge in [0.15, 0.2) is 4.34 Å². The van der Waals surface area contributed by atoms with E-state index in [1.807, 2.05) is 55.5 Å². The van der Waals surface area contributed by atoms with Gasteiger partial charge < -0.3 is 10.6 Å². The highest BCUT2D eigenvalue weighted by Gasteiger charge is 2.15. The van der Waals surface area contributed by atoms with Crippen molar-refractivity contribution in [2.75, 3.05) is 11.1 Å². The van der Waals surface area contributed by atoms with Crippen molar-refractivity contribution in [3.63, 3.8) is 0 Å². The third kappa shape index (κ3) is 5.63. The van der Waals surface area contributed by atoms with E-state index in [1.54, 1.807) is 12.1 Å². The number of para-hydroxylation sites is 1. The summed E-state index contributed by atoms with van der Waals surface area (Å²) in [6.45, 7) is 1.94. The number of nitrogens with zero attached hydrogens (tertiary/aromatic N) is 2. The molecule has 0 radical (unpaired) electrons. The molecule has 0 fully saturated rings. The van der Waals surface area contributed by atoms with Crippen molar-refractivity contribution >= 4 is 40.6 Å².